The number of ether oxygens (including phenoxy) is 2. The molecule has 1 N–H and O–H groups in total. The van der Waals surface area contributed by atoms with E-state index in [0.717, 1.165) is 44.8 Å². The maximum Gasteiger partial charge on any atom is 0.122 e. The summed E-state index contributed by atoms with van der Waals surface area (Å²) in [5, 5.41) is 3.69. The summed E-state index contributed by atoms with van der Waals surface area (Å²) in [6, 6.07) is 8.73. The molecule has 20 heavy (non-hydrogen) atoms. The Morgan fingerprint density at radius 3 is 3.05 bits per heavy atom. The van der Waals surface area contributed by atoms with E-state index in [4.69, 9.17) is 9.47 Å². The van der Waals surface area contributed by atoms with Crippen molar-refractivity contribution in [2.45, 2.75) is 38.1 Å². The first kappa shape index (κ1) is 13.5. The third-order valence-corrected chi connectivity index (χ3v) is 4.12. The lowest BCUT2D eigenvalue weighted by Crippen LogP contribution is -2.38. The number of fused-ring (bicyclic) bond motifs is 1. The topological polar surface area (TPSA) is 30.5 Å². The summed E-state index contributed by atoms with van der Waals surface area (Å²) in [5.41, 5.74) is 2.71. The molecule has 0 radical (unpaired) electrons. The molecule has 0 saturated carbocycles. The van der Waals surface area contributed by atoms with Crippen LogP contribution in [-0.4, -0.2) is 25.8 Å². The number of rotatable bonds is 5. The molecule has 2 aliphatic rings. The highest BCUT2D eigenvalue weighted by Gasteiger charge is 2.33. The largest absolute Gasteiger partial charge is 0.501 e. The van der Waals surface area contributed by atoms with Crippen molar-refractivity contribution >= 4 is 0 Å². The molecule has 1 aromatic rings. The fourth-order valence-corrected chi connectivity index (χ4v) is 3.11. The van der Waals surface area contributed by atoms with Crippen molar-refractivity contribution in [2.24, 2.45) is 0 Å². The van der Waals surface area contributed by atoms with E-state index in [1.165, 1.54) is 11.1 Å². The Bertz CT molecular complexity index is 484. The third kappa shape index (κ3) is 2.68. The Balaban J connectivity index is 1.84. The average molecular weight is 273 g/mol. The smallest absolute Gasteiger partial charge is 0.122 e. The maximum atomic E-state index is 5.85. The number of para-hydroxylation sites is 1. The van der Waals surface area contributed by atoms with Crippen LogP contribution in [0, 0.1) is 0 Å². The van der Waals surface area contributed by atoms with Gasteiger partial charge in [-0.3, -0.25) is 0 Å². The van der Waals surface area contributed by atoms with Gasteiger partial charge in [0.05, 0.1) is 19.5 Å². The van der Waals surface area contributed by atoms with Crippen LogP contribution in [0.25, 0.3) is 0 Å². The predicted molar refractivity (Wildman–Crippen MR) is 80.0 cm³/mol. The lowest BCUT2D eigenvalue weighted by molar-refractivity contribution is 0.214. The highest BCUT2D eigenvalue weighted by molar-refractivity contribution is 5.42. The monoisotopic (exact) mass is 273 g/mol. The number of hydrogen-bond acceptors (Lipinski definition) is 3. The lowest BCUT2D eigenvalue weighted by atomic mass is 9.86. The van der Waals surface area contributed by atoms with Gasteiger partial charge < -0.3 is 14.8 Å². The molecular formula is C17H23NO2. The average Bonchev–Trinajstić information content (AvgIpc) is 2.93. The molecule has 0 amide bonds. The Morgan fingerprint density at radius 2 is 2.25 bits per heavy atom. The molecule has 2 aliphatic heterocycles. The standard InChI is InChI=1S/C17H23NO2/c1-2-9-18-17(13-6-5-10-19-11-13)15-12-20-16-8-4-3-7-14(15)16/h3-4,7-8,11,15,17-18H,2,5-6,9-10,12H2,1H3. The second-order valence-corrected chi connectivity index (χ2v) is 5.55. The first-order chi connectivity index (χ1) is 9.90. The summed E-state index contributed by atoms with van der Waals surface area (Å²) in [5.74, 6) is 1.43. The van der Waals surface area contributed by atoms with Crippen LogP contribution in [0.15, 0.2) is 36.1 Å². The zero-order valence-corrected chi connectivity index (χ0v) is 12.1. The van der Waals surface area contributed by atoms with Crippen LogP contribution < -0.4 is 10.1 Å². The zero-order valence-electron chi connectivity index (χ0n) is 12.1. The highest BCUT2D eigenvalue weighted by Crippen LogP contribution is 2.38. The van der Waals surface area contributed by atoms with Crippen LogP contribution in [0.2, 0.25) is 0 Å². The van der Waals surface area contributed by atoms with E-state index in [0.29, 0.717) is 12.0 Å². The Kier molecular flexibility index (Phi) is 4.26. The minimum Gasteiger partial charge on any atom is -0.501 e. The Hall–Kier alpha value is -1.48. The van der Waals surface area contributed by atoms with Gasteiger partial charge in [-0.25, -0.2) is 0 Å². The van der Waals surface area contributed by atoms with E-state index in [1.807, 2.05) is 12.3 Å². The van der Waals surface area contributed by atoms with Crippen LogP contribution in [0.4, 0.5) is 0 Å². The fourth-order valence-electron chi connectivity index (χ4n) is 3.11. The van der Waals surface area contributed by atoms with E-state index in [1.54, 1.807) is 0 Å². The number of benzene rings is 1. The van der Waals surface area contributed by atoms with Crippen molar-refractivity contribution in [3.05, 3.63) is 41.7 Å². The molecule has 3 heteroatoms. The number of nitrogens with one attached hydrogen (secondary N) is 1. The van der Waals surface area contributed by atoms with Crippen molar-refractivity contribution in [3.63, 3.8) is 0 Å². The first-order valence-corrected chi connectivity index (χ1v) is 7.66. The van der Waals surface area contributed by atoms with Crippen LogP contribution in [0.1, 0.15) is 37.7 Å². The predicted octanol–water partition coefficient (Wildman–Crippen LogP) is 3.23. The third-order valence-electron chi connectivity index (χ3n) is 4.12. The summed E-state index contributed by atoms with van der Waals surface area (Å²) in [6.07, 6.45) is 5.35. The summed E-state index contributed by atoms with van der Waals surface area (Å²) in [7, 11) is 0. The van der Waals surface area contributed by atoms with Gasteiger partial charge in [-0.1, -0.05) is 25.1 Å². The van der Waals surface area contributed by atoms with E-state index in [2.05, 4.69) is 30.4 Å². The summed E-state index contributed by atoms with van der Waals surface area (Å²) in [6.45, 7) is 4.84. The Morgan fingerprint density at radius 1 is 1.35 bits per heavy atom. The molecule has 108 valence electrons. The normalized spacial score (nSPS) is 22.4. The quantitative estimate of drug-likeness (QED) is 0.893. The maximum absolute atomic E-state index is 5.85. The van der Waals surface area contributed by atoms with Gasteiger partial charge >= 0.3 is 0 Å². The molecule has 3 nitrogen and oxygen atoms in total. The van der Waals surface area contributed by atoms with Crippen molar-refractivity contribution in [2.75, 3.05) is 19.8 Å². The minimum atomic E-state index is 0.332. The molecule has 1 aromatic carbocycles. The van der Waals surface area contributed by atoms with E-state index in [9.17, 15) is 0 Å². The van der Waals surface area contributed by atoms with Gasteiger partial charge in [-0.05, 0) is 37.4 Å². The summed E-state index contributed by atoms with van der Waals surface area (Å²) in [4.78, 5) is 0. The molecule has 2 heterocycles. The molecule has 2 unspecified atom stereocenters. The van der Waals surface area contributed by atoms with Gasteiger partial charge in [0.1, 0.15) is 5.75 Å². The van der Waals surface area contributed by atoms with Crippen LogP contribution >= 0.6 is 0 Å². The second-order valence-electron chi connectivity index (χ2n) is 5.55. The van der Waals surface area contributed by atoms with Crippen LogP contribution in [0.3, 0.4) is 0 Å². The molecule has 3 rings (SSSR count). The van der Waals surface area contributed by atoms with Gasteiger partial charge in [-0.2, -0.15) is 0 Å². The summed E-state index contributed by atoms with van der Waals surface area (Å²) >= 11 is 0. The van der Waals surface area contributed by atoms with Gasteiger partial charge in [-0.15, -0.1) is 0 Å². The molecule has 0 saturated heterocycles. The SMILES string of the molecule is CCCNC(C1=COCCC1)C1COc2ccccc21. The van der Waals surface area contributed by atoms with Gasteiger partial charge in [0, 0.05) is 17.5 Å². The number of hydrogen-bond donors (Lipinski definition) is 1. The van der Waals surface area contributed by atoms with Gasteiger partial charge in [0.2, 0.25) is 0 Å². The van der Waals surface area contributed by atoms with Crippen molar-refractivity contribution < 1.29 is 9.47 Å². The first-order valence-electron chi connectivity index (χ1n) is 7.66. The van der Waals surface area contributed by atoms with Crippen molar-refractivity contribution in [1.82, 2.24) is 5.32 Å². The molecule has 2 atom stereocenters. The lowest BCUT2D eigenvalue weighted by Gasteiger charge is -2.28. The molecule has 0 spiro atoms. The van der Waals surface area contributed by atoms with Crippen molar-refractivity contribution in [1.29, 1.82) is 0 Å². The highest BCUT2D eigenvalue weighted by atomic mass is 16.5. The minimum absolute atomic E-state index is 0.332. The molecule has 0 fully saturated rings. The molecule has 0 bridgehead atoms. The second kappa shape index (κ2) is 6.31. The van der Waals surface area contributed by atoms with Gasteiger partial charge in [0.25, 0.3) is 0 Å². The van der Waals surface area contributed by atoms with Gasteiger partial charge in [0.15, 0.2) is 0 Å². The fraction of sp³-hybridized carbons (Fsp3) is 0.529. The van der Waals surface area contributed by atoms with Crippen LogP contribution in [-0.2, 0) is 4.74 Å². The molecule has 0 aromatic heterocycles. The molecule has 0 aliphatic carbocycles. The zero-order chi connectivity index (χ0) is 13.8. The Labute approximate surface area is 121 Å². The molecular weight excluding hydrogens is 250 g/mol. The van der Waals surface area contributed by atoms with Crippen LogP contribution in [0.5, 0.6) is 5.75 Å². The van der Waals surface area contributed by atoms with E-state index >= 15 is 0 Å². The van der Waals surface area contributed by atoms with Crippen molar-refractivity contribution in [3.8, 4) is 5.75 Å². The van der Waals surface area contributed by atoms with E-state index in [-0.39, 0.29) is 0 Å². The summed E-state index contributed by atoms with van der Waals surface area (Å²) < 4.78 is 11.4. The van der Waals surface area contributed by atoms with E-state index < -0.39 is 0 Å².